The summed E-state index contributed by atoms with van der Waals surface area (Å²) in [7, 11) is 0. The zero-order valence-electron chi connectivity index (χ0n) is 11.7. The number of benzene rings is 2. The van der Waals surface area contributed by atoms with E-state index in [9.17, 15) is 5.11 Å². The van der Waals surface area contributed by atoms with Gasteiger partial charge in [-0.15, -0.1) is 0 Å². The third kappa shape index (κ3) is 2.61. The first kappa shape index (κ1) is 14.6. The standard InChI is InChI=1S/C17H14BrClO2/c1-9-6-12(7-10(2)15(9)18)16(20)14-8-11-4-3-5-13(19)17(11)21-14/h3-8,16,20H,1-2H3. The number of para-hydroxylation sites is 1. The van der Waals surface area contributed by atoms with Crippen LogP contribution in [0.5, 0.6) is 0 Å². The van der Waals surface area contributed by atoms with E-state index >= 15 is 0 Å². The van der Waals surface area contributed by atoms with Gasteiger partial charge in [-0.1, -0.05) is 51.8 Å². The molecule has 1 aromatic heterocycles. The Morgan fingerprint density at radius 2 is 1.81 bits per heavy atom. The molecule has 3 rings (SSSR count). The lowest BCUT2D eigenvalue weighted by molar-refractivity contribution is 0.192. The van der Waals surface area contributed by atoms with Crippen molar-refractivity contribution in [3.8, 4) is 0 Å². The molecule has 0 aliphatic carbocycles. The van der Waals surface area contributed by atoms with Gasteiger partial charge in [0.25, 0.3) is 0 Å². The number of hydrogen-bond acceptors (Lipinski definition) is 2. The molecule has 1 N–H and O–H groups in total. The van der Waals surface area contributed by atoms with Crippen molar-refractivity contribution in [2.45, 2.75) is 20.0 Å². The van der Waals surface area contributed by atoms with Crippen LogP contribution in [0.3, 0.4) is 0 Å². The van der Waals surface area contributed by atoms with Gasteiger partial charge < -0.3 is 9.52 Å². The minimum Gasteiger partial charge on any atom is -0.456 e. The predicted molar refractivity (Wildman–Crippen MR) is 88.9 cm³/mol. The van der Waals surface area contributed by atoms with Crippen LogP contribution in [0.15, 0.2) is 45.3 Å². The van der Waals surface area contributed by atoms with E-state index in [1.807, 2.05) is 44.2 Å². The van der Waals surface area contributed by atoms with Gasteiger partial charge in [0.05, 0.1) is 5.02 Å². The minimum atomic E-state index is -0.807. The highest BCUT2D eigenvalue weighted by Gasteiger charge is 2.18. The molecule has 1 atom stereocenters. The van der Waals surface area contributed by atoms with Crippen molar-refractivity contribution >= 4 is 38.5 Å². The van der Waals surface area contributed by atoms with Gasteiger partial charge in [-0.25, -0.2) is 0 Å². The summed E-state index contributed by atoms with van der Waals surface area (Å²) in [5.74, 6) is 0.499. The summed E-state index contributed by atoms with van der Waals surface area (Å²) >= 11 is 9.64. The number of aryl methyl sites for hydroxylation is 2. The van der Waals surface area contributed by atoms with E-state index in [0.29, 0.717) is 16.4 Å². The maximum atomic E-state index is 10.6. The second-order valence-corrected chi connectivity index (χ2v) is 6.38. The molecule has 108 valence electrons. The van der Waals surface area contributed by atoms with Crippen molar-refractivity contribution in [3.05, 3.63) is 68.3 Å². The molecule has 3 aromatic rings. The van der Waals surface area contributed by atoms with E-state index in [2.05, 4.69) is 15.9 Å². The largest absolute Gasteiger partial charge is 0.456 e. The van der Waals surface area contributed by atoms with Gasteiger partial charge in [0.1, 0.15) is 11.9 Å². The van der Waals surface area contributed by atoms with Crippen molar-refractivity contribution in [3.63, 3.8) is 0 Å². The van der Waals surface area contributed by atoms with E-state index in [-0.39, 0.29) is 0 Å². The van der Waals surface area contributed by atoms with Crippen LogP contribution in [0.25, 0.3) is 11.0 Å². The lowest BCUT2D eigenvalue weighted by Crippen LogP contribution is -1.99. The van der Waals surface area contributed by atoms with Crippen molar-refractivity contribution in [2.24, 2.45) is 0 Å². The Hall–Kier alpha value is -1.29. The summed E-state index contributed by atoms with van der Waals surface area (Å²) in [6.07, 6.45) is -0.807. The first-order valence-corrected chi connectivity index (χ1v) is 7.77. The molecule has 0 fully saturated rings. The Kier molecular flexibility index (Phi) is 3.82. The van der Waals surface area contributed by atoms with E-state index in [1.165, 1.54) is 0 Å². The number of halogens is 2. The Morgan fingerprint density at radius 3 is 2.43 bits per heavy atom. The Balaban J connectivity index is 2.08. The molecule has 4 heteroatoms. The monoisotopic (exact) mass is 364 g/mol. The van der Waals surface area contributed by atoms with Crippen molar-refractivity contribution in [1.29, 1.82) is 0 Å². The zero-order chi connectivity index (χ0) is 15.1. The molecule has 21 heavy (non-hydrogen) atoms. The molecule has 0 bridgehead atoms. The molecule has 2 aromatic carbocycles. The highest BCUT2D eigenvalue weighted by atomic mass is 79.9. The smallest absolute Gasteiger partial charge is 0.153 e. The zero-order valence-corrected chi connectivity index (χ0v) is 14.0. The van der Waals surface area contributed by atoms with Crippen LogP contribution in [0.2, 0.25) is 5.02 Å². The number of aliphatic hydroxyl groups is 1. The van der Waals surface area contributed by atoms with Gasteiger partial charge in [-0.05, 0) is 42.7 Å². The molecular formula is C17H14BrClO2. The fourth-order valence-corrected chi connectivity index (χ4v) is 2.93. The van der Waals surface area contributed by atoms with Crippen LogP contribution in [-0.4, -0.2) is 5.11 Å². The van der Waals surface area contributed by atoms with E-state index in [4.69, 9.17) is 16.0 Å². The van der Waals surface area contributed by atoms with Crippen molar-refractivity contribution in [2.75, 3.05) is 0 Å². The van der Waals surface area contributed by atoms with Gasteiger partial charge in [0.15, 0.2) is 5.58 Å². The molecule has 1 heterocycles. The summed E-state index contributed by atoms with van der Waals surface area (Å²) in [6, 6.07) is 11.3. The normalized spacial score (nSPS) is 12.8. The molecule has 0 amide bonds. The summed E-state index contributed by atoms with van der Waals surface area (Å²) < 4.78 is 6.79. The number of fused-ring (bicyclic) bond motifs is 1. The SMILES string of the molecule is Cc1cc(C(O)c2cc3cccc(Cl)c3o2)cc(C)c1Br. The highest BCUT2D eigenvalue weighted by Crippen LogP contribution is 2.33. The molecule has 1 unspecified atom stereocenters. The average Bonchev–Trinajstić information content (AvgIpc) is 2.89. The third-order valence-corrected chi connectivity index (χ3v) is 5.11. The molecule has 0 saturated carbocycles. The number of hydrogen-bond donors (Lipinski definition) is 1. The van der Waals surface area contributed by atoms with Crippen molar-refractivity contribution in [1.82, 2.24) is 0 Å². The summed E-state index contributed by atoms with van der Waals surface area (Å²) in [6.45, 7) is 4.01. The first-order chi connectivity index (χ1) is 9.97. The van der Waals surface area contributed by atoms with Crippen LogP contribution in [0.1, 0.15) is 28.6 Å². The lowest BCUT2D eigenvalue weighted by Gasteiger charge is -2.12. The molecule has 0 saturated heterocycles. The molecular weight excluding hydrogens is 352 g/mol. The summed E-state index contributed by atoms with van der Waals surface area (Å²) in [5, 5.41) is 12.0. The van der Waals surface area contributed by atoms with Crippen LogP contribution in [0, 0.1) is 13.8 Å². The Labute approximate surface area is 136 Å². The van der Waals surface area contributed by atoms with Gasteiger partial charge >= 0.3 is 0 Å². The molecule has 2 nitrogen and oxygen atoms in total. The van der Waals surface area contributed by atoms with Crippen LogP contribution in [0.4, 0.5) is 0 Å². The topological polar surface area (TPSA) is 33.4 Å². The van der Waals surface area contributed by atoms with Gasteiger partial charge in [0.2, 0.25) is 0 Å². The van der Waals surface area contributed by atoms with Crippen LogP contribution < -0.4 is 0 Å². The second kappa shape index (κ2) is 5.48. The number of rotatable bonds is 2. The predicted octanol–water partition coefficient (Wildman–Crippen LogP) is 5.55. The van der Waals surface area contributed by atoms with E-state index in [0.717, 1.165) is 26.5 Å². The first-order valence-electron chi connectivity index (χ1n) is 6.60. The third-order valence-electron chi connectivity index (χ3n) is 3.56. The van der Waals surface area contributed by atoms with Gasteiger partial charge in [-0.3, -0.25) is 0 Å². The highest BCUT2D eigenvalue weighted by molar-refractivity contribution is 9.10. The Morgan fingerprint density at radius 1 is 1.14 bits per heavy atom. The summed E-state index contributed by atoms with van der Waals surface area (Å²) in [5.41, 5.74) is 3.58. The fourth-order valence-electron chi connectivity index (χ4n) is 2.48. The number of aliphatic hydroxyl groups excluding tert-OH is 1. The molecule has 0 aliphatic rings. The van der Waals surface area contributed by atoms with E-state index < -0.39 is 6.10 Å². The number of furan rings is 1. The maximum absolute atomic E-state index is 10.6. The minimum absolute atomic E-state index is 0.499. The molecule has 0 spiro atoms. The maximum Gasteiger partial charge on any atom is 0.153 e. The van der Waals surface area contributed by atoms with Crippen LogP contribution >= 0.6 is 27.5 Å². The van der Waals surface area contributed by atoms with E-state index in [1.54, 1.807) is 6.07 Å². The quantitative estimate of drug-likeness (QED) is 0.646. The Bertz CT molecular complexity index is 800. The second-order valence-electron chi connectivity index (χ2n) is 5.18. The van der Waals surface area contributed by atoms with Crippen LogP contribution in [-0.2, 0) is 0 Å². The lowest BCUT2D eigenvalue weighted by atomic mass is 10.0. The van der Waals surface area contributed by atoms with Gasteiger partial charge in [0, 0.05) is 9.86 Å². The summed E-state index contributed by atoms with van der Waals surface area (Å²) in [4.78, 5) is 0. The van der Waals surface area contributed by atoms with Crippen molar-refractivity contribution < 1.29 is 9.52 Å². The average molecular weight is 366 g/mol. The molecule has 0 radical (unpaired) electrons. The fraction of sp³-hybridized carbons (Fsp3) is 0.176. The van der Waals surface area contributed by atoms with Gasteiger partial charge in [-0.2, -0.15) is 0 Å². The molecule has 0 aliphatic heterocycles.